The molecule has 1 fully saturated rings. The van der Waals surface area contributed by atoms with Gasteiger partial charge >= 0.3 is 0 Å². The lowest BCUT2D eigenvalue weighted by atomic mass is 10.1. The minimum Gasteiger partial charge on any atom is -0.398 e. The summed E-state index contributed by atoms with van der Waals surface area (Å²) in [5, 5.41) is 4.01. The zero-order valence-corrected chi connectivity index (χ0v) is 9.97. The number of nitrogen functional groups attached to an aromatic ring is 1. The van der Waals surface area contributed by atoms with Crippen LogP contribution in [0.15, 0.2) is 28.8 Å². The van der Waals surface area contributed by atoms with Gasteiger partial charge in [0.1, 0.15) is 0 Å². The van der Waals surface area contributed by atoms with Gasteiger partial charge in [-0.2, -0.15) is 4.98 Å². The average Bonchev–Trinajstić information content (AvgIpc) is 2.76. The van der Waals surface area contributed by atoms with Crippen LogP contribution in [0.1, 0.15) is 32.1 Å². The number of hydrogen-bond acceptors (Lipinski definition) is 4. The monoisotopic (exact) mass is 229 g/mol. The molecule has 1 aromatic heterocycles. The van der Waals surface area contributed by atoms with E-state index in [9.17, 15) is 0 Å². The molecule has 1 aliphatic carbocycles. The van der Waals surface area contributed by atoms with Gasteiger partial charge in [0, 0.05) is 17.2 Å². The molecule has 1 saturated carbocycles. The second-order valence-corrected chi connectivity index (χ2v) is 5.29. The predicted molar refractivity (Wildman–Crippen MR) is 65.3 cm³/mol. The van der Waals surface area contributed by atoms with Crippen LogP contribution in [0.4, 0.5) is 5.69 Å². The first-order chi connectivity index (χ1) is 8.08. The number of hydrogen-bond donors (Lipinski definition) is 1. The Balaban J connectivity index is 1.94. The number of nitrogens with zero attached hydrogens (tertiary/aromatic N) is 2. The highest BCUT2D eigenvalue weighted by atomic mass is 16.5. The van der Waals surface area contributed by atoms with Crippen LogP contribution in [0.2, 0.25) is 0 Å². The van der Waals surface area contributed by atoms with Gasteiger partial charge in [0.25, 0.3) is 0 Å². The quantitative estimate of drug-likeness (QED) is 0.804. The topological polar surface area (TPSA) is 64.9 Å². The van der Waals surface area contributed by atoms with Crippen LogP contribution in [0.5, 0.6) is 0 Å². The van der Waals surface area contributed by atoms with Crippen molar-refractivity contribution in [3.63, 3.8) is 0 Å². The van der Waals surface area contributed by atoms with Crippen molar-refractivity contribution in [3.05, 3.63) is 30.2 Å². The lowest BCUT2D eigenvalue weighted by Gasteiger charge is -1.98. The van der Waals surface area contributed by atoms with Crippen LogP contribution in [-0.2, 0) is 0 Å². The summed E-state index contributed by atoms with van der Waals surface area (Å²) in [5.41, 5.74) is 7.69. The molecular formula is C13H15N3O. The molecule has 2 aromatic rings. The van der Waals surface area contributed by atoms with Crippen molar-refractivity contribution in [2.75, 3.05) is 5.73 Å². The fraction of sp³-hybridized carbons (Fsp3) is 0.385. The first kappa shape index (κ1) is 10.3. The third kappa shape index (κ3) is 1.69. The minimum absolute atomic E-state index is 0.298. The molecule has 1 atom stereocenters. The summed E-state index contributed by atoms with van der Waals surface area (Å²) in [4.78, 5) is 4.44. The van der Waals surface area contributed by atoms with E-state index in [2.05, 4.69) is 24.0 Å². The number of para-hydroxylation sites is 1. The van der Waals surface area contributed by atoms with Crippen molar-refractivity contribution in [2.45, 2.75) is 26.2 Å². The molecule has 4 nitrogen and oxygen atoms in total. The molecule has 3 rings (SSSR count). The summed E-state index contributed by atoms with van der Waals surface area (Å²) in [5.74, 6) is 1.71. The van der Waals surface area contributed by atoms with Crippen LogP contribution in [0.25, 0.3) is 11.4 Å². The van der Waals surface area contributed by atoms with Crippen molar-refractivity contribution >= 4 is 5.69 Å². The summed E-state index contributed by atoms with van der Waals surface area (Å²) in [6, 6.07) is 7.56. The highest BCUT2D eigenvalue weighted by Crippen LogP contribution is 2.58. The van der Waals surface area contributed by atoms with Crippen molar-refractivity contribution in [1.82, 2.24) is 10.1 Å². The van der Waals surface area contributed by atoms with Gasteiger partial charge in [-0.05, 0) is 24.0 Å². The summed E-state index contributed by atoms with van der Waals surface area (Å²) >= 11 is 0. The average molecular weight is 229 g/mol. The van der Waals surface area contributed by atoms with Crippen molar-refractivity contribution in [2.24, 2.45) is 5.41 Å². The van der Waals surface area contributed by atoms with Gasteiger partial charge < -0.3 is 10.3 Å². The normalized spacial score (nSPS) is 21.4. The second kappa shape index (κ2) is 3.32. The number of benzene rings is 1. The molecule has 2 N–H and O–H groups in total. The van der Waals surface area contributed by atoms with E-state index in [-0.39, 0.29) is 0 Å². The van der Waals surface area contributed by atoms with Crippen LogP contribution in [0, 0.1) is 5.41 Å². The number of anilines is 1. The second-order valence-electron chi connectivity index (χ2n) is 5.29. The van der Waals surface area contributed by atoms with Crippen LogP contribution in [0.3, 0.4) is 0 Å². The molecule has 4 heteroatoms. The summed E-state index contributed by atoms with van der Waals surface area (Å²) in [6.07, 6.45) is 1.11. The third-order valence-corrected chi connectivity index (χ3v) is 3.45. The third-order valence-electron chi connectivity index (χ3n) is 3.45. The molecule has 0 radical (unpaired) electrons. The highest BCUT2D eigenvalue weighted by molar-refractivity contribution is 5.70. The molecule has 0 amide bonds. The van der Waals surface area contributed by atoms with E-state index in [1.54, 1.807) is 0 Å². The molecule has 17 heavy (non-hydrogen) atoms. The minimum atomic E-state index is 0.298. The Labute approximate surface area is 99.8 Å². The standard InChI is InChI=1S/C13H15N3O/c1-13(2)7-9(13)12-15-11(16-17-12)8-5-3-4-6-10(8)14/h3-6,9H,7,14H2,1-2H3. The van der Waals surface area contributed by atoms with E-state index < -0.39 is 0 Å². The van der Waals surface area contributed by atoms with Gasteiger partial charge in [-0.3, -0.25) is 0 Å². The molecule has 0 saturated heterocycles. The van der Waals surface area contributed by atoms with Crippen LogP contribution < -0.4 is 5.73 Å². The molecule has 1 aromatic carbocycles. The van der Waals surface area contributed by atoms with E-state index in [0.29, 0.717) is 22.8 Å². The van der Waals surface area contributed by atoms with E-state index in [1.807, 2.05) is 24.3 Å². The Morgan fingerprint density at radius 1 is 1.35 bits per heavy atom. The van der Waals surface area contributed by atoms with Gasteiger partial charge in [0.15, 0.2) is 0 Å². The van der Waals surface area contributed by atoms with E-state index in [0.717, 1.165) is 17.9 Å². The lowest BCUT2D eigenvalue weighted by Crippen LogP contribution is -1.92. The fourth-order valence-corrected chi connectivity index (χ4v) is 2.08. The number of aromatic nitrogens is 2. The molecule has 0 aliphatic heterocycles. The fourth-order valence-electron chi connectivity index (χ4n) is 2.08. The predicted octanol–water partition coefficient (Wildman–Crippen LogP) is 2.83. The molecule has 1 aliphatic rings. The zero-order chi connectivity index (χ0) is 12.0. The SMILES string of the molecule is CC1(C)CC1c1nc(-c2ccccc2N)no1. The first-order valence-electron chi connectivity index (χ1n) is 5.76. The molecule has 1 heterocycles. The van der Waals surface area contributed by atoms with Crippen LogP contribution in [-0.4, -0.2) is 10.1 Å². The van der Waals surface area contributed by atoms with E-state index in [4.69, 9.17) is 10.3 Å². The molecular weight excluding hydrogens is 214 g/mol. The smallest absolute Gasteiger partial charge is 0.230 e. The maximum absolute atomic E-state index is 5.89. The summed E-state index contributed by atoms with van der Waals surface area (Å²) in [6.45, 7) is 4.41. The van der Waals surface area contributed by atoms with Gasteiger partial charge in [-0.1, -0.05) is 31.1 Å². The summed E-state index contributed by atoms with van der Waals surface area (Å²) in [7, 11) is 0. The van der Waals surface area contributed by atoms with Gasteiger partial charge in [-0.15, -0.1) is 0 Å². The maximum Gasteiger partial charge on any atom is 0.230 e. The van der Waals surface area contributed by atoms with E-state index >= 15 is 0 Å². The summed E-state index contributed by atoms with van der Waals surface area (Å²) < 4.78 is 5.32. The lowest BCUT2D eigenvalue weighted by molar-refractivity contribution is 0.368. The molecule has 1 unspecified atom stereocenters. The largest absolute Gasteiger partial charge is 0.398 e. The van der Waals surface area contributed by atoms with Crippen molar-refractivity contribution < 1.29 is 4.52 Å². The van der Waals surface area contributed by atoms with Gasteiger partial charge in [0.2, 0.25) is 11.7 Å². The Morgan fingerprint density at radius 3 is 2.71 bits per heavy atom. The maximum atomic E-state index is 5.89. The Bertz CT molecular complexity index is 559. The zero-order valence-electron chi connectivity index (χ0n) is 9.97. The van der Waals surface area contributed by atoms with Crippen molar-refractivity contribution in [1.29, 1.82) is 0 Å². The Morgan fingerprint density at radius 2 is 2.06 bits per heavy atom. The molecule has 0 bridgehead atoms. The highest BCUT2D eigenvalue weighted by Gasteiger charge is 2.50. The first-order valence-corrected chi connectivity index (χ1v) is 5.76. The van der Waals surface area contributed by atoms with Gasteiger partial charge in [-0.25, -0.2) is 0 Å². The number of nitrogens with two attached hydrogens (primary N) is 1. The Kier molecular flexibility index (Phi) is 2.02. The molecule has 0 spiro atoms. The Hall–Kier alpha value is -1.84. The van der Waals surface area contributed by atoms with Gasteiger partial charge in [0.05, 0.1) is 0 Å². The molecule has 88 valence electrons. The van der Waals surface area contributed by atoms with E-state index in [1.165, 1.54) is 0 Å². The van der Waals surface area contributed by atoms with Crippen molar-refractivity contribution in [3.8, 4) is 11.4 Å². The number of rotatable bonds is 2. The van der Waals surface area contributed by atoms with Crippen LogP contribution >= 0.6 is 0 Å².